The fraction of sp³-hybridized carbons (Fsp3) is 0.400. The molecule has 1 heterocycles. The second-order valence-corrected chi connectivity index (χ2v) is 5.75. The number of pyridine rings is 1. The van der Waals surface area contributed by atoms with Gasteiger partial charge in [0.2, 0.25) is 0 Å². The second kappa shape index (κ2) is 9.06. The summed E-state index contributed by atoms with van der Waals surface area (Å²) in [4.78, 5) is 21.1. The average Bonchev–Trinajstić information content (AvgIpc) is 2.65. The zero-order valence-electron chi connectivity index (χ0n) is 15.6. The molecular formula is C20H28N4O. The van der Waals surface area contributed by atoms with Gasteiger partial charge in [0.25, 0.3) is 5.91 Å². The van der Waals surface area contributed by atoms with Crippen molar-refractivity contribution in [3.8, 4) is 0 Å². The second-order valence-electron chi connectivity index (χ2n) is 5.75. The fourth-order valence-corrected chi connectivity index (χ4v) is 2.84. The van der Waals surface area contributed by atoms with Crippen LogP contribution in [-0.4, -0.2) is 37.1 Å². The number of nitrogens with zero attached hydrogens (tertiary/aromatic N) is 3. The molecule has 5 heteroatoms. The van der Waals surface area contributed by atoms with E-state index in [0.29, 0.717) is 5.69 Å². The predicted octanol–water partition coefficient (Wildman–Crippen LogP) is 4.03. The van der Waals surface area contributed by atoms with Gasteiger partial charge >= 0.3 is 0 Å². The summed E-state index contributed by atoms with van der Waals surface area (Å²) in [5, 5.41) is 2.90. The van der Waals surface area contributed by atoms with E-state index in [2.05, 4.69) is 47.8 Å². The lowest BCUT2D eigenvalue weighted by molar-refractivity contribution is 0.102. The van der Waals surface area contributed by atoms with Crippen molar-refractivity contribution in [3.05, 3.63) is 48.3 Å². The highest BCUT2D eigenvalue weighted by Crippen LogP contribution is 2.18. The lowest BCUT2D eigenvalue weighted by Gasteiger charge is -2.21. The summed E-state index contributed by atoms with van der Waals surface area (Å²) >= 11 is 0. The molecule has 0 aliphatic carbocycles. The quantitative estimate of drug-likeness (QED) is 0.788. The van der Waals surface area contributed by atoms with E-state index in [1.807, 2.05) is 30.3 Å². The molecule has 5 nitrogen and oxygen atoms in total. The maximum absolute atomic E-state index is 12.4. The first-order chi connectivity index (χ1) is 12.1. The third-order valence-corrected chi connectivity index (χ3v) is 4.36. The number of anilines is 3. The van der Waals surface area contributed by atoms with Crippen LogP contribution in [0, 0.1) is 0 Å². The molecule has 0 bridgehead atoms. The third kappa shape index (κ3) is 4.72. The average molecular weight is 340 g/mol. The zero-order chi connectivity index (χ0) is 18.2. The lowest BCUT2D eigenvalue weighted by Crippen LogP contribution is -2.22. The molecule has 0 radical (unpaired) electrons. The molecular weight excluding hydrogens is 312 g/mol. The third-order valence-electron chi connectivity index (χ3n) is 4.36. The van der Waals surface area contributed by atoms with E-state index in [9.17, 15) is 4.79 Å². The molecule has 0 saturated heterocycles. The van der Waals surface area contributed by atoms with Crippen LogP contribution in [0.4, 0.5) is 17.1 Å². The fourth-order valence-electron chi connectivity index (χ4n) is 2.84. The number of aromatic nitrogens is 1. The highest BCUT2D eigenvalue weighted by molar-refractivity contribution is 6.03. The standard InChI is InChI=1S/C20H28N4O/c1-5-23(6-2)17-11-9-16(10-12-17)22-20(25)19-14-13-18(15-21-19)24(7-3)8-4/h9-15H,5-8H2,1-4H3,(H,22,25). The molecule has 134 valence electrons. The van der Waals surface area contributed by atoms with Crippen molar-refractivity contribution in [1.29, 1.82) is 0 Å². The summed E-state index contributed by atoms with van der Waals surface area (Å²) in [6.07, 6.45) is 1.76. The number of amides is 1. The zero-order valence-corrected chi connectivity index (χ0v) is 15.6. The number of hydrogen-bond donors (Lipinski definition) is 1. The minimum absolute atomic E-state index is 0.193. The van der Waals surface area contributed by atoms with E-state index in [0.717, 1.165) is 43.2 Å². The van der Waals surface area contributed by atoms with Crippen molar-refractivity contribution in [2.45, 2.75) is 27.7 Å². The van der Waals surface area contributed by atoms with Gasteiger partial charge in [0.1, 0.15) is 5.69 Å². The van der Waals surface area contributed by atoms with E-state index < -0.39 is 0 Å². The molecule has 0 unspecified atom stereocenters. The van der Waals surface area contributed by atoms with Gasteiger partial charge in [-0.25, -0.2) is 4.98 Å². The van der Waals surface area contributed by atoms with Gasteiger partial charge in [0.05, 0.1) is 11.9 Å². The van der Waals surface area contributed by atoms with E-state index >= 15 is 0 Å². The molecule has 0 aliphatic heterocycles. The molecule has 0 aliphatic rings. The van der Waals surface area contributed by atoms with Crippen LogP contribution in [0.2, 0.25) is 0 Å². The van der Waals surface area contributed by atoms with Gasteiger partial charge in [-0.05, 0) is 64.1 Å². The Bertz CT molecular complexity index is 659. The first-order valence-corrected chi connectivity index (χ1v) is 9.00. The van der Waals surface area contributed by atoms with E-state index in [-0.39, 0.29) is 5.91 Å². The topological polar surface area (TPSA) is 48.5 Å². The molecule has 0 spiro atoms. The minimum atomic E-state index is -0.193. The molecule has 0 saturated carbocycles. The van der Waals surface area contributed by atoms with Gasteiger partial charge in [-0.15, -0.1) is 0 Å². The molecule has 0 atom stereocenters. The van der Waals surface area contributed by atoms with Gasteiger partial charge in [-0.1, -0.05) is 0 Å². The van der Waals surface area contributed by atoms with E-state index in [4.69, 9.17) is 0 Å². The molecule has 2 rings (SSSR count). The Morgan fingerprint density at radius 1 is 0.840 bits per heavy atom. The minimum Gasteiger partial charge on any atom is -0.372 e. The number of carbonyl (C=O) groups excluding carboxylic acids is 1. The summed E-state index contributed by atoms with van der Waals surface area (Å²) in [7, 11) is 0. The van der Waals surface area contributed by atoms with Crippen molar-refractivity contribution in [1.82, 2.24) is 4.98 Å². The van der Waals surface area contributed by atoms with Crippen LogP contribution in [0.5, 0.6) is 0 Å². The van der Waals surface area contributed by atoms with Crippen molar-refractivity contribution in [3.63, 3.8) is 0 Å². The van der Waals surface area contributed by atoms with Crippen molar-refractivity contribution in [2.24, 2.45) is 0 Å². The van der Waals surface area contributed by atoms with Crippen LogP contribution < -0.4 is 15.1 Å². The number of hydrogen-bond acceptors (Lipinski definition) is 4. The molecule has 1 N–H and O–H groups in total. The Labute approximate surface area is 150 Å². The van der Waals surface area contributed by atoms with Crippen LogP contribution >= 0.6 is 0 Å². The Morgan fingerprint density at radius 2 is 1.36 bits per heavy atom. The highest BCUT2D eigenvalue weighted by Gasteiger charge is 2.10. The monoisotopic (exact) mass is 340 g/mol. The summed E-state index contributed by atoms with van der Waals surface area (Å²) in [6, 6.07) is 11.6. The number of rotatable bonds is 8. The molecule has 1 aromatic carbocycles. The highest BCUT2D eigenvalue weighted by atomic mass is 16.1. The number of benzene rings is 1. The molecule has 1 aromatic heterocycles. The van der Waals surface area contributed by atoms with Gasteiger partial charge in [0, 0.05) is 37.6 Å². The number of carbonyl (C=O) groups is 1. The van der Waals surface area contributed by atoms with Gasteiger partial charge < -0.3 is 15.1 Å². The summed E-state index contributed by atoms with van der Waals surface area (Å²) in [6.45, 7) is 12.2. The van der Waals surface area contributed by atoms with Crippen molar-refractivity contribution in [2.75, 3.05) is 41.3 Å². The Kier molecular flexibility index (Phi) is 6.81. The van der Waals surface area contributed by atoms with E-state index in [1.165, 1.54) is 0 Å². The van der Waals surface area contributed by atoms with Crippen molar-refractivity contribution < 1.29 is 4.79 Å². The van der Waals surface area contributed by atoms with Gasteiger partial charge in [-0.2, -0.15) is 0 Å². The van der Waals surface area contributed by atoms with Gasteiger partial charge in [0.15, 0.2) is 0 Å². The SMILES string of the molecule is CCN(CC)c1ccc(NC(=O)c2ccc(N(CC)CC)cn2)cc1. The number of nitrogens with one attached hydrogen (secondary N) is 1. The lowest BCUT2D eigenvalue weighted by atomic mass is 10.2. The molecule has 2 aromatic rings. The molecule has 1 amide bonds. The maximum Gasteiger partial charge on any atom is 0.274 e. The van der Waals surface area contributed by atoms with Crippen LogP contribution in [-0.2, 0) is 0 Å². The smallest absolute Gasteiger partial charge is 0.274 e. The normalized spacial score (nSPS) is 10.4. The van der Waals surface area contributed by atoms with Crippen LogP contribution in [0.15, 0.2) is 42.6 Å². The summed E-state index contributed by atoms with van der Waals surface area (Å²) < 4.78 is 0. The summed E-state index contributed by atoms with van der Waals surface area (Å²) in [5.41, 5.74) is 3.38. The first kappa shape index (κ1) is 18.8. The molecule has 0 fully saturated rings. The Morgan fingerprint density at radius 3 is 1.84 bits per heavy atom. The summed E-state index contributed by atoms with van der Waals surface area (Å²) in [5.74, 6) is -0.193. The van der Waals surface area contributed by atoms with Crippen LogP contribution in [0.3, 0.4) is 0 Å². The first-order valence-electron chi connectivity index (χ1n) is 9.00. The predicted molar refractivity (Wildman–Crippen MR) is 106 cm³/mol. The van der Waals surface area contributed by atoms with Crippen LogP contribution in [0.1, 0.15) is 38.2 Å². The van der Waals surface area contributed by atoms with Crippen molar-refractivity contribution >= 4 is 23.0 Å². The molecule has 25 heavy (non-hydrogen) atoms. The van der Waals surface area contributed by atoms with E-state index in [1.54, 1.807) is 12.3 Å². The Hall–Kier alpha value is -2.56. The van der Waals surface area contributed by atoms with Gasteiger partial charge in [-0.3, -0.25) is 4.79 Å². The van der Waals surface area contributed by atoms with Crippen LogP contribution in [0.25, 0.3) is 0 Å². The Balaban J connectivity index is 2.04. The largest absolute Gasteiger partial charge is 0.372 e. The maximum atomic E-state index is 12.4.